The highest BCUT2D eigenvalue weighted by molar-refractivity contribution is 9.11. The number of thiophene rings is 1. The van der Waals surface area contributed by atoms with Gasteiger partial charge in [-0.3, -0.25) is 4.79 Å². The molecule has 14 heavy (non-hydrogen) atoms. The first kappa shape index (κ1) is 11.7. The van der Waals surface area contributed by atoms with E-state index in [2.05, 4.69) is 21.2 Å². The summed E-state index contributed by atoms with van der Waals surface area (Å²) in [6.45, 7) is 3.19. The average Bonchev–Trinajstić information content (AvgIpc) is 2.60. The molecule has 0 unspecified atom stereocenters. The molecule has 1 amide bonds. The number of carbonyl (C=O) groups is 1. The van der Waals surface area contributed by atoms with Crippen molar-refractivity contribution >= 4 is 38.2 Å². The topological polar surface area (TPSA) is 32.3 Å². The molecule has 0 bridgehead atoms. The fourth-order valence-corrected chi connectivity index (χ4v) is 2.30. The second-order valence-electron chi connectivity index (χ2n) is 2.81. The SMILES string of the molecule is CCNCC(=O)N(C)c1ccc(Br)s1. The summed E-state index contributed by atoms with van der Waals surface area (Å²) in [6.07, 6.45) is 0. The van der Waals surface area contributed by atoms with Crippen LogP contribution in [-0.4, -0.2) is 26.0 Å². The van der Waals surface area contributed by atoms with Crippen LogP contribution < -0.4 is 10.2 Å². The van der Waals surface area contributed by atoms with Gasteiger partial charge in [-0.2, -0.15) is 0 Å². The molecule has 1 aromatic rings. The van der Waals surface area contributed by atoms with Crippen molar-refractivity contribution in [3.8, 4) is 0 Å². The Balaban J connectivity index is 2.56. The van der Waals surface area contributed by atoms with Crippen molar-refractivity contribution in [2.75, 3.05) is 25.0 Å². The van der Waals surface area contributed by atoms with Crippen LogP contribution in [0.5, 0.6) is 0 Å². The molecule has 78 valence electrons. The number of halogens is 1. The number of carbonyl (C=O) groups excluding carboxylic acids is 1. The predicted molar refractivity (Wildman–Crippen MR) is 64.0 cm³/mol. The second kappa shape index (κ2) is 5.48. The highest BCUT2D eigenvalue weighted by atomic mass is 79.9. The number of amides is 1. The molecule has 5 heteroatoms. The zero-order valence-electron chi connectivity index (χ0n) is 8.21. The van der Waals surface area contributed by atoms with Crippen LogP contribution in [0, 0.1) is 0 Å². The van der Waals surface area contributed by atoms with Crippen LogP contribution in [0.3, 0.4) is 0 Å². The molecule has 1 rings (SSSR count). The fraction of sp³-hybridized carbons (Fsp3) is 0.444. The Labute approximate surface area is 96.2 Å². The molecule has 0 saturated heterocycles. The van der Waals surface area contributed by atoms with Gasteiger partial charge in [0.2, 0.25) is 5.91 Å². The van der Waals surface area contributed by atoms with E-state index in [1.165, 1.54) is 0 Å². The number of nitrogens with zero attached hydrogens (tertiary/aromatic N) is 1. The Morgan fingerprint density at radius 1 is 1.64 bits per heavy atom. The zero-order valence-corrected chi connectivity index (χ0v) is 10.6. The van der Waals surface area contributed by atoms with Gasteiger partial charge in [-0.25, -0.2) is 0 Å². The first-order valence-corrected chi connectivity index (χ1v) is 5.98. The van der Waals surface area contributed by atoms with Crippen LogP contribution in [0.4, 0.5) is 5.00 Å². The molecule has 0 fully saturated rings. The van der Waals surface area contributed by atoms with Gasteiger partial charge in [0.1, 0.15) is 0 Å². The molecule has 3 nitrogen and oxygen atoms in total. The average molecular weight is 277 g/mol. The summed E-state index contributed by atoms with van der Waals surface area (Å²) >= 11 is 4.92. The standard InChI is InChI=1S/C9H13BrN2OS/c1-3-11-6-8(13)12(2)9-5-4-7(10)14-9/h4-5,11H,3,6H2,1-2H3. The van der Waals surface area contributed by atoms with Crippen molar-refractivity contribution in [3.05, 3.63) is 15.9 Å². The minimum absolute atomic E-state index is 0.0844. The van der Waals surface area contributed by atoms with Crippen LogP contribution >= 0.6 is 27.3 Å². The molecular weight excluding hydrogens is 264 g/mol. The normalized spacial score (nSPS) is 10.2. The molecule has 0 spiro atoms. The van der Waals surface area contributed by atoms with Crippen molar-refractivity contribution in [1.29, 1.82) is 0 Å². The molecule has 1 heterocycles. The van der Waals surface area contributed by atoms with Crippen LogP contribution in [0.2, 0.25) is 0 Å². The monoisotopic (exact) mass is 276 g/mol. The number of likely N-dealkylation sites (N-methyl/N-ethyl adjacent to an activating group) is 2. The van der Waals surface area contributed by atoms with E-state index < -0.39 is 0 Å². The smallest absolute Gasteiger partial charge is 0.241 e. The number of hydrogen-bond donors (Lipinski definition) is 1. The Bertz CT molecular complexity index is 314. The highest BCUT2D eigenvalue weighted by Gasteiger charge is 2.11. The van der Waals surface area contributed by atoms with E-state index in [-0.39, 0.29) is 5.91 Å². The van der Waals surface area contributed by atoms with Gasteiger partial charge in [0.15, 0.2) is 0 Å². The molecular formula is C9H13BrN2OS. The Kier molecular flexibility index (Phi) is 4.57. The first-order valence-electron chi connectivity index (χ1n) is 4.37. The minimum Gasteiger partial charge on any atom is -0.309 e. The van der Waals surface area contributed by atoms with Gasteiger partial charge in [0.05, 0.1) is 15.3 Å². The molecule has 1 N–H and O–H groups in total. The Morgan fingerprint density at radius 3 is 2.86 bits per heavy atom. The van der Waals surface area contributed by atoms with Crippen LogP contribution in [0.15, 0.2) is 15.9 Å². The summed E-state index contributed by atoms with van der Waals surface area (Å²) in [5, 5.41) is 3.97. The Morgan fingerprint density at radius 2 is 2.36 bits per heavy atom. The summed E-state index contributed by atoms with van der Waals surface area (Å²) in [5.41, 5.74) is 0. The number of rotatable bonds is 4. The van der Waals surface area contributed by atoms with Crippen molar-refractivity contribution in [1.82, 2.24) is 5.32 Å². The van der Waals surface area contributed by atoms with E-state index in [0.717, 1.165) is 15.3 Å². The third kappa shape index (κ3) is 3.08. The zero-order chi connectivity index (χ0) is 10.6. The third-order valence-electron chi connectivity index (χ3n) is 1.79. The lowest BCUT2D eigenvalue weighted by atomic mass is 10.5. The van der Waals surface area contributed by atoms with Crippen LogP contribution in [0.25, 0.3) is 0 Å². The van der Waals surface area contributed by atoms with Crippen LogP contribution in [0.1, 0.15) is 6.92 Å². The van der Waals surface area contributed by atoms with Gasteiger partial charge < -0.3 is 10.2 Å². The number of anilines is 1. The lowest BCUT2D eigenvalue weighted by molar-refractivity contribution is -0.117. The third-order valence-corrected chi connectivity index (χ3v) is 3.49. The van der Waals surface area contributed by atoms with E-state index in [1.54, 1.807) is 23.3 Å². The van der Waals surface area contributed by atoms with E-state index in [9.17, 15) is 4.79 Å². The van der Waals surface area contributed by atoms with Crippen molar-refractivity contribution < 1.29 is 4.79 Å². The summed E-state index contributed by atoms with van der Waals surface area (Å²) in [4.78, 5) is 13.2. The van der Waals surface area contributed by atoms with Crippen LogP contribution in [-0.2, 0) is 4.79 Å². The van der Waals surface area contributed by atoms with Gasteiger partial charge in [-0.15, -0.1) is 11.3 Å². The van der Waals surface area contributed by atoms with Crippen molar-refractivity contribution in [3.63, 3.8) is 0 Å². The summed E-state index contributed by atoms with van der Waals surface area (Å²) in [7, 11) is 1.79. The lowest BCUT2D eigenvalue weighted by Crippen LogP contribution is -2.34. The molecule has 0 atom stereocenters. The molecule has 0 saturated carbocycles. The van der Waals surface area contributed by atoms with E-state index in [1.807, 2.05) is 19.1 Å². The molecule has 0 aliphatic heterocycles. The van der Waals surface area contributed by atoms with Gasteiger partial charge in [0.25, 0.3) is 0 Å². The summed E-state index contributed by atoms with van der Waals surface area (Å²) < 4.78 is 1.04. The number of nitrogens with one attached hydrogen (secondary N) is 1. The molecule has 1 aromatic heterocycles. The van der Waals surface area contributed by atoms with E-state index in [0.29, 0.717) is 6.54 Å². The van der Waals surface area contributed by atoms with Gasteiger partial charge in [-0.05, 0) is 34.6 Å². The van der Waals surface area contributed by atoms with Gasteiger partial charge in [-0.1, -0.05) is 6.92 Å². The largest absolute Gasteiger partial charge is 0.309 e. The minimum atomic E-state index is 0.0844. The fourth-order valence-electron chi connectivity index (χ4n) is 0.958. The van der Waals surface area contributed by atoms with Gasteiger partial charge in [0, 0.05) is 7.05 Å². The van der Waals surface area contributed by atoms with E-state index in [4.69, 9.17) is 0 Å². The summed E-state index contributed by atoms with van der Waals surface area (Å²) in [6, 6.07) is 3.87. The second-order valence-corrected chi connectivity index (χ2v) is 5.25. The maximum Gasteiger partial charge on any atom is 0.241 e. The predicted octanol–water partition coefficient (Wildman–Crippen LogP) is 2.08. The van der Waals surface area contributed by atoms with Gasteiger partial charge >= 0.3 is 0 Å². The van der Waals surface area contributed by atoms with Crippen molar-refractivity contribution in [2.24, 2.45) is 0 Å². The number of hydrogen-bond acceptors (Lipinski definition) is 3. The molecule has 0 aromatic carbocycles. The molecule has 0 radical (unpaired) electrons. The molecule has 0 aliphatic rings. The van der Waals surface area contributed by atoms with Crippen molar-refractivity contribution in [2.45, 2.75) is 6.92 Å². The van der Waals surface area contributed by atoms with E-state index >= 15 is 0 Å². The maximum atomic E-state index is 11.6. The first-order chi connectivity index (χ1) is 6.65. The maximum absolute atomic E-state index is 11.6. The lowest BCUT2D eigenvalue weighted by Gasteiger charge is -2.14. The highest BCUT2D eigenvalue weighted by Crippen LogP contribution is 2.28. The molecule has 0 aliphatic carbocycles. The quantitative estimate of drug-likeness (QED) is 0.914. The summed E-state index contributed by atoms with van der Waals surface area (Å²) in [5.74, 6) is 0.0844. The Hall–Kier alpha value is -0.390.